The summed E-state index contributed by atoms with van der Waals surface area (Å²) >= 11 is 0. The van der Waals surface area contributed by atoms with E-state index in [1.165, 1.54) is 7.11 Å². The van der Waals surface area contributed by atoms with E-state index in [0.29, 0.717) is 11.8 Å². The van der Waals surface area contributed by atoms with E-state index in [4.69, 9.17) is 0 Å². The molecule has 0 atom stereocenters. The van der Waals surface area contributed by atoms with Crippen LogP contribution in [0.25, 0.3) is 0 Å². The van der Waals surface area contributed by atoms with Crippen molar-refractivity contribution in [3.8, 4) is 0 Å². The molecule has 0 unspecified atom stereocenters. The largest absolute Gasteiger partial charge is 0.469 e. The molecule has 70 valence electrons. The highest BCUT2D eigenvalue weighted by molar-refractivity contribution is 5.70. The van der Waals surface area contributed by atoms with Gasteiger partial charge in [0.2, 0.25) is 0 Å². The van der Waals surface area contributed by atoms with Gasteiger partial charge >= 0.3 is 5.97 Å². The quantitative estimate of drug-likeness (QED) is 0.480. The number of hydrogen-bond acceptors (Lipinski definition) is 2. The van der Waals surface area contributed by atoms with Gasteiger partial charge < -0.3 is 4.74 Å². The third-order valence-electron chi connectivity index (χ3n) is 1.41. The summed E-state index contributed by atoms with van der Waals surface area (Å²) in [6.07, 6.45) is 5.25. The molecule has 0 heterocycles. The molecule has 0 fully saturated rings. The van der Waals surface area contributed by atoms with Crippen LogP contribution in [-0.4, -0.2) is 13.1 Å². The molecule has 0 radical (unpaired) electrons. The van der Waals surface area contributed by atoms with E-state index in [9.17, 15) is 4.79 Å². The highest BCUT2D eigenvalue weighted by Crippen LogP contribution is 2.18. The Kier molecular flexibility index (Phi) is 4.64. The molecule has 0 aliphatic rings. The molecule has 0 saturated carbocycles. The zero-order chi connectivity index (χ0) is 9.61. The maximum absolute atomic E-state index is 10.7. The van der Waals surface area contributed by atoms with Crippen molar-refractivity contribution in [2.75, 3.05) is 7.11 Å². The highest BCUT2D eigenvalue weighted by atomic mass is 16.5. The fourth-order valence-electron chi connectivity index (χ4n) is 0.700. The average Bonchev–Trinajstić information content (AvgIpc) is 1.96. The van der Waals surface area contributed by atoms with E-state index in [2.05, 4.69) is 25.5 Å². The Morgan fingerprint density at radius 1 is 1.33 bits per heavy atom. The number of methoxy groups -OCH3 is 1. The second-order valence-corrected chi connectivity index (χ2v) is 4.02. The molecule has 0 aromatic carbocycles. The lowest BCUT2D eigenvalue weighted by atomic mass is 9.92. The molecular formula is C10H18O2. The van der Waals surface area contributed by atoms with E-state index in [1.54, 1.807) is 0 Å². The van der Waals surface area contributed by atoms with E-state index >= 15 is 0 Å². The van der Waals surface area contributed by atoms with Crippen LogP contribution in [0.3, 0.4) is 0 Å². The SMILES string of the molecule is COC(=O)C/C=C\CC(C)(C)C. The van der Waals surface area contributed by atoms with Gasteiger partial charge in [-0.25, -0.2) is 0 Å². The number of ether oxygens (including phenoxy) is 1. The van der Waals surface area contributed by atoms with Crippen molar-refractivity contribution in [1.29, 1.82) is 0 Å². The molecule has 0 bridgehead atoms. The molecule has 0 rings (SSSR count). The zero-order valence-corrected chi connectivity index (χ0v) is 8.39. The molecule has 0 aliphatic heterocycles. The first-order chi connectivity index (χ1) is 5.45. The molecule has 0 aromatic rings. The summed E-state index contributed by atoms with van der Waals surface area (Å²) in [4.78, 5) is 10.7. The first kappa shape index (κ1) is 11.2. The van der Waals surface area contributed by atoms with E-state index < -0.39 is 0 Å². The van der Waals surface area contributed by atoms with Gasteiger partial charge in [0.1, 0.15) is 0 Å². The van der Waals surface area contributed by atoms with Crippen molar-refractivity contribution in [3.05, 3.63) is 12.2 Å². The van der Waals surface area contributed by atoms with E-state index in [1.807, 2.05) is 12.2 Å². The van der Waals surface area contributed by atoms with Crippen LogP contribution in [0, 0.1) is 5.41 Å². The van der Waals surface area contributed by atoms with Gasteiger partial charge in [-0.1, -0.05) is 32.9 Å². The Labute approximate surface area is 74.6 Å². The molecule has 0 spiro atoms. The van der Waals surface area contributed by atoms with Gasteiger partial charge in [-0.15, -0.1) is 0 Å². The van der Waals surface area contributed by atoms with Crippen LogP contribution in [0.1, 0.15) is 33.6 Å². The maximum Gasteiger partial charge on any atom is 0.309 e. The van der Waals surface area contributed by atoms with Crippen molar-refractivity contribution < 1.29 is 9.53 Å². The number of carbonyl (C=O) groups is 1. The minimum atomic E-state index is -0.180. The molecule has 0 saturated heterocycles. The monoisotopic (exact) mass is 170 g/mol. The van der Waals surface area contributed by atoms with Crippen LogP contribution in [0.5, 0.6) is 0 Å². The average molecular weight is 170 g/mol. The summed E-state index contributed by atoms with van der Waals surface area (Å²) in [5, 5.41) is 0. The standard InChI is InChI=1S/C10H18O2/c1-10(2,3)8-6-5-7-9(11)12-4/h5-6H,7-8H2,1-4H3/b6-5-. The topological polar surface area (TPSA) is 26.3 Å². The molecule has 0 aliphatic carbocycles. The molecule has 0 N–H and O–H groups in total. The Hall–Kier alpha value is -0.790. The van der Waals surface area contributed by atoms with Gasteiger partial charge in [0.05, 0.1) is 13.5 Å². The first-order valence-corrected chi connectivity index (χ1v) is 4.17. The smallest absolute Gasteiger partial charge is 0.309 e. The van der Waals surface area contributed by atoms with Crippen molar-refractivity contribution in [1.82, 2.24) is 0 Å². The van der Waals surface area contributed by atoms with Crippen molar-refractivity contribution in [2.45, 2.75) is 33.6 Å². The fourth-order valence-corrected chi connectivity index (χ4v) is 0.700. The van der Waals surface area contributed by atoms with Crippen molar-refractivity contribution in [3.63, 3.8) is 0 Å². The van der Waals surface area contributed by atoms with Crippen molar-refractivity contribution >= 4 is 5.97 Å². The lowest BCUT2D eigenvalue weighted by molar-refractivity contribution is -0.139. The molecular weight excluding hydrogens is 152 g/mol. The fraction of sp³-hybridized carbons (Fsp3) is 0.700. The van der Waals surface area contributed by atoms with Gasteiger partial charge in [0.25, 0.3) is 0 Å². The zero-order valence-electron chi connectivity index (χ0n) is 8.39. The normalized spacial score (nSPS) is 12.0. The van der Waals surface area contributed by atoms with Gasteiger partial charge in [-0.05, 0) is 11.8 Å². The first-order valence-electron chi connectivity index (χ1n) is 4.17. The lowest BCUT2D eigenvalue weighted by Gasteiger charge is -2.14. The molecule has 2 nitrogen and oxygen atoms in total. The highest BCUT2D eigenvalue weighted by Gasteiger charge is 2.06. The predicted octanol–water partition coefficient (Wildman–Crippen LogP) is 2.54. The van der Waals surface area contributed by atoms with Crippen LogP contribution in [0.15, 0.2) is 12.2 Å². The van der Waals surface area contributed by atoms with Crippen LogP contribution in [0.2, 0.25) is 0 Å². The Morgan fingerprint density at radius 2 is 1.92 bits per heavy atom. The maximum atomic E-state index is 10.7. The van der Waals surface area contributed by atoms with Crippen LogP contribution < -0.4 is 0 Å². The van der Waals surface area contributed by atoms with E-state index in [0.717, 1.165) is 6.42 Å². The van der Waals surface area contributed by atoms with Gasteiger partial charge in [-0.3, -0.25) is 4.79 Å². The number of esters is 1. The third kappa shape index (κ3) is 7.32. The number of hydrogen-bond donors (Lipinski definition) is 0. The second kappa shape index (κ2) is 4.96. The van der Waals surface area contributed by atoms with Crippen LogP contribution in [-0.2, 0) is 9.53 Å². The van der Waals surface area contributed by atoms with Gasteiger partial charge in [-0.2, -0.15) is 0 Å². The summed E-state index contributed by atoms with van der Waals surface area (Å²) < 4.78 is 4.49. The molecule has 2 heteroatoms. The Bertz CT molecular complexity index is 163. The minimum Gasteiger partial charge on any atom is -0.469 e. The van der Waals surface area contributed by atoms with Crippen LogP contribution >= 0.6 is 0 Å². The van der Waals surface area contributed by atoms with Gasteiger partial charge in [0, 0.05) is 0 Å². The number of rotatable bonds is 3. The summed E-state index contributed by atoms with van der Waals surface area (Å²) in [7, 11) is 1.40. The summed E-state index contributed by atoms with van der Waals surface area (Å²) in [6, 6.07) is 0. The Balaban J connectivity index is 3.58. The predicted molar refractivity (Wildman–Crippen MR) is 49.8 cm³/mol. The van der Waals surface area contributed by atoms with Gasteiger partial charge in [0.15, 0.2) is 0 Å². The lowest BCUT2D eigenvalue weighted by Crippen LogP contribution is -2.02. The number of allylic oxidation sites excluding steroid dienone is 1. The summed E-state index contributed by atoms with van der Waals surface area (Å²) in [5.41, 5.74) is 0.298. The van der Waals surface area contributed by atoms with Crippen LogP contribution in [0.4, 0.5) is 0 Å². The molecule has 0 aromatic heterocycles. The third-order valence-corrected chi connectivity index (χ3v) is 1.41. The van der Waals surface area contributed by atoms with E-state index in [-0.39, 0.29) is 5.97 Å². The number of carbonyl (C=O) groups excluding carboxylic acids is 1. The summed E-state index contributed by atoms with van der Waals surface area (Å²) in [5.74, 6) is -0.180. The van der Waals surface area contributed by atoms with Crippen molar-refractivity contribution in [2.24, 2.45) is 5.41 Å². The summed E-state index contributed by atoms with van der Waals surface area (Å²) in [6.45, 7) is 6.49. The molecule has 12 heavy (non-hydrogen) atoms. The Morgan fingerprint density at radius 3 is 2.33 bits per heavy atom. The molecule has 0 amide bonds. The minimum absolute atomic E-state index is 0.180. The second-order valence-electron chi connectivity index (χ2n) is 4.02.